The van der Waals surface area contributed by atoms with E-state index in [1.54, 1.807) is 12.4 Å². The molecule has 2 aromatic heterocycles. The largest absolute Gasteiger partial charge is 0.368 e. The third-order valence-corrected chi connectivity index (χ3v) is 4.94. The molecule has 8 nitrogen and oxygen atoms in total. The van der Waals surface area contributed by atoms with Gasteiger partial charge in [-0.05, 0) is 44.4 Å². The van der Waals surface area contributed by atoms with Gasteiger partial charge >= 0.3 is 0 Å². The van der Waals surface area contributed by atoms with Crippen LogP contribution >= 0.6 is 12.4 Å². The number of amides is 1. The number of halogens is 1. The van der Waals surface area contributed by atoms with Crippen LogP contribution in [0.2, 0.25) is 0 Å². The van der Waals surface area contributed by atoms with Gasteiger partial charge in [0.05, 0.1) is 12.1 Å². The molecule has 1 N–H and O–H groups in total. The first-order valence-electron chi connectivity index (χ1n) is 9.16. The number of pyridine rings is 1. The number of nitrogens with one attached hydrogen (secondary N) is 1. The van der Waals surface area contributed by atoms with E-state index in [4.69, 9.17) is 9.26 Å². The number of rotatable bonds is 5. The van der Waals surface area contributed by atoms with Crippen molar-refractivity contribution < 1.29 is 14.1 Å². The molecular weight excluding hydrogens is 370 g/mol. The number of carbonyl (C=O) groups is 1. The Labute approximate surface area is 164 Å². The van der Waals surface area contributed by atoms with Crippen LogP contribution in [0.4, 0.5) is 0 Å². The van der Waals surface area contributed by atoms with Crippen molar-refractivity contribution in [1.82, 2.24) is 25.3 Å². The lowest BCUT2D eigenvalue weighted by molar-refractivity contribution is -0.136. The molecule has 2 fully saturated rings. The number of piperidine rings is 1. The van der Waals surface area contributed by atoms with Crippen LogP contribution in [-0.2, 0) is 16.1 Å². The predicted octanol–water partition coefficient (Wildman–Crippen LogP) is 1.81. The van der Waals surface area contributed by atoms with E-state index < -0.39 is 0 Å². The van der Waals surface area contributed by atoms with Crippen LogP contribution in [-0.4, -0.2) is 57.7 Å². The van der Waals surface area contributed by atoms with E-state index >= 15 is 0 Å². The highest BCUT2D eigenvalue weighted by Gasteiger charge is 2.30. The average molecular weight is 394 g/mol. The predicted molar refractivity (Wildman–Crippen MR) is 100 cm³/mol. The Hall–Kier alpha value is -2.03. The number of nitrogens with zero attached hydrogens (tertiary/aromatic N) is 4. The number of aromatic nitrogens is 3. The molecule has 0 aliphatic carbocycles. The van der Waals surface area contributed by atoms with Crippen molar-refractivity contribution in [3.05, 3.63) is 30.4 Å². The normalized spacial score (nSPS) is 20.4. The second-order valence-corrected chi connectivity index (χ2v) is 6.74. The first-order chi connectivity index (χ1) is 12.8. The summed E-state index contributed by atoms with van der Waals surface area (Å²) in [6.45, 7) is 2.72. The van der Waals surface area contributed by atoms with Gasteiger partial charge < -0.3 is 19.5 Å². The van der Waals surface area contributed by atoms with Gasteiger partial charge in [0, 0.05) is 31.0 Å². The average Bonchev–Trinajstić information content (AvgIpc) is 3.39. The van der Waals surface area contributed by atoms with Crippen LogP contribution in [0.25, 0.3) is 11.4 Å². The lowest BCUT2D eigenvalue weighted by atomic mass is 10.1. The van der Waals surface area contributed by atoms with Gasteiger partial charge in [-0.2, -0.15) is 4.98 Å². The minimum absolute atomic E-state index is 0. The lowest BCUT2D eigenvalue weighted by Crippen LogP contribution is -2.48. The molecule has 9 heteroatoms. The molecular formula is C18H24ClN5O3. The molecule has 0 radical (unpaired) electrons. The highest BCUT2D eigenvalue weighted by atomic mass is 35.5. The van der Waals surface area contributed by atoms with Gasteiger partial charge in [-0.1, -0.05) is 5.16 Å². The van der Waals surface area contributed by atoms with Crippen LogP contribution in [0.3, 0.4) is 0 Å². The second-order valence-electron chi connectivity index (χ2n) is 6.74. The first kappa shape index (κ1) is 19.7. The number of hydrogen-bond donors (Lipinski definition) is 1. The van der Waals surface area contributed by atoms with Crippen molar-refractivity contribution in [2.75, 3.05) is 19.6 Å². The van der Waals surface area contributed by atoms with Gasteiger partial charge in [-0.15, -0.1) is 12.4 Å². The molecule has 0 saturated carbocycles. The summed E-state index contributed by atoms with van der Waals surface area (Å²) in [5.41, 5.74) is 0.815. The molecule has 2 saturated heterocycles. The Bertz CT molecular complexity index is 728. The second kappa shape index (κ2) is 9.25. The Kier molecular flexibility index (Phi) is 6.76. The van der Waals surface area contributed by atoms with Crippen LogP contribution in [0.15, 0.2) is 29.0 Å². The van der Waals surface area contributed by atoms with Crippen molar-refractivity contribution in [2.24, 2.45) is 0 Å². The zero-order valence-electron chi connectivity index (χ0n) is 15.0. The summed E-state index contributed by atoms with van der Waals surface area (Å²) in [5.74, 6) is 1.21. The Morgan fingerprint density at radius 3 is 2.89 bits per heavy atom. The van der Waals surface area contributed by atoms with Gasteiger partial charge in [0.1, 0.15) is 6.61 Å². The highest BCUT2D eigenvalue weighted by Crippen LogP contribution is 2.19. The van der Waals surface area contributed by atoms with Crippen LogP contribution in [0, 0.1) is 0 Å². The molecule has 2 aliphatic heterocycles. The minimum atomic E-state index is 0. The fraction of sp³-hybridized carbons (Fsp3) is 0.556. The molecule has 4 heterocycles. The summed E-state index contributed by atoms with van der Waals surface area (Å²) in [6, 6.07) is 3.73. The SMILES string of the molecule is Cl.O=C(C1CCCN1)N1CCC(OCc2nc(-c3cccnc3)no2)CC1. The van der Waals surface area contributed by atoms with Crippen LogP contribution in [0.1, 0.15) is 31.6 Å². The monoisotopic (exact) mass is 393 g/mol. The zero-order chi connectivity index (χ0) is 17.8. The molecule has 0 spiro atoms. The van der Waals surface area contributed by atoms with E-state index in [1.165, 1.54) is 0 Å². The molecule has 4 rings (SSSR count). The Balaban J connectivity index is 0.00000210. The maximum atomic E-state index is 12.4. The standard InChI is InChI=1S/C18H23N5O3.ClH/c24-18(15-4-2-8-20-15)23-9-5-14(6-10-23)25-12-16-21-17(22-26-16)13-3-1-7-19-11-13;/h1,3,7,11,14-15,20H,2,4-6,8-10,12H2;1H. The van der Waals surface area contributed by atoms with E-state index in [2.05, 4.69) is 20.4 Å². The molecule has 0 aromatic carbocycles. The zero-order valence-corrected chi connectivity index (χ0v) is 15.9. The smallest absolute Gasteiger partial charge is 0.252 e. The van der Waals surface area contributed by atoms with Gasteiger partial charge in [0.15, 0.2) is 0 Å². The van der Waals surface area contributed by atoms with E-state index in [-0.39, 0.29) is 37.1 Å². The fourth-order valence-corrected chi connectivity index (χ4v) is 3.47. The Morgan fingerprint density at radius 2 is 2.19 bits per heavy atom. The van der Waals surface area contributed by atoms with E-state index in [1.807, 2.05) is 17.0 Å². The molecule has 1 atom stereocenters. The van der Waals surface area contributed by atoms with Gasteiger partial charge in [0.25, 0.3) is 5.89 Å². The molecule has 2 aliphatic rings. The summed E-state index contributed by atoms with van der Waals surface area (Å²) in [7, 11) is 0. The topological polar surface area (TPSA) is 93.4 Å². The van der Waals surface area contributed by atoms with Crippen molar-refractivity contribution in [3.8, 4) is 11.4 Å². The molecule has 1 unspecified atom stereocenters. The number of likely N-dealkylation sites (tertiary alicyclic amines) is 1. The van der Waals surface area contributed by atoms with E-state index in [0.717, 1.165) is 50.9 Å². The number of ether oxygens (including phenoxy) is 1. The van der Waals surface area contributed by atoms with Crippen molar-refractivity contribution in [1.29, 1.82) is 0 Å². The molecule has 0 bridgehead atoms. The molecule has 2 aromatic rings. The van der Waals surface area contributed by atoms with Gasteiger partial charge in [-0.3, -0.25) is 9.78 Å². The van der Waals surface area contributed by atoms with Gasteiger partial charge in [-0.25, -0.2) is 0 Å². The maximum absolute atomic E-state index is 12.4. The van der Waals surface area contributed by atoms with Crippen molar-refractivity contribution in [2.45, 2.75) is 44.4 Å². The molecule has 146 valence electrons. The van der Waals surface area contributed by atoms with Crippen molar-refractivity contribution >= 4 is 18.3 Å². The highest BCUT2D eigenvalue weighted by molar-refractivity contribution is 5.85. The molecule has 27 heavy (non-hydrogen) atoms. The van der Waals surface area contributed by atoms with E-state index in [9.17, 15) is 4.79 Å². The van der Waals surface area contributed by atoms with Crippen LogP contribution < -0.4 is 5.32 Å². The van der Waals surface area contributed by atoms with Crippen LogP contribution in [0.5, 0.6) is 0 Å². The summed E-state index contributed by atoms with van der Waals surface area (Å²) in [5, 5.41) is 7.24. The summed E-state index contributed by atoms with van der Waals surface area (Å²) < 4.78 is 11.2. The molecule has 1 amide bonds. The first-order valence-corrected chi connectivity index (χ1v) is 9.16. The fourth-order valence-electron chi connectivity index (χ4n) is 3.47. The number of hydrogen-bond acceptors (Lipinski definition) is 7. The summed E-state index contributed by atoms with van der Waals surface area (Å²) in [6.07, 6.45) is 7.22. The quantitative estimate of drug-likeness (QED) is 0.827. The van der Waals surface area contributed by atoms with E-state index in [0.29, 0.717) is 11.7 Å². The maximum Gasteiger partial charge on any atom is 0.252 e. The van der Waals surface area contributed by atoms with Gasteiger partial charge in [0.2, 0.25) is 11.7 Å². The summed E-state index contributed by atoms with van der Waals surface area (Å²) >= 11 is 0. The van der Waals surface area contributed by atoms with Crippen molar-refractivity contribution in [3.63, 3.8) is 0 Å². The summed E-state index contributed by atoms with van der Waals surface area (Å²) in [4.78, 5) is 22.8. The lowest BCUT2D eigenvalue weighted by Gasteiger charge is -2.33. The third-order valence-electron chi connectivity index (χ3n) is 4.94. The Morgan fingerprint density at radius 1 is 1.33 bits per heavy atom. The number of carbonyl (C=O) groups excluding carboxylic acids is 1. The minimum Gasteiger partial charge on any atom is -0.368 e. The third kappa shape index (κ3) is 4.82.